The number of carbonyl (C=O) groups is 1. The van der Waals surface area contributed by atoms with Crippen LogP contribution in [-0.2, 0) is 19.4 Å². The lowest BCUT2D eigenvalue weighted by atomic mass is 10.2. The van der Waals surface area contributed by atoms with Crippen molar-refractivity contribution in [2.75, 3.05) is 17.1 Å². The number of carbonyl (C=O) groups excluding carboxylic acids is 1. The summed E-state index contributed by atoms with van der Waals surface area (Å²) in [6.45, 7) is 0. The third kappa shape index (κ3) is 5.22. The van der Waals surface area contributed by atoms with Gasteiger partial charge in [-0.3, -0.25) is 9.35 Å². The fourth-order valence-electron chi connectivity index (χ4n) is 1.76. The quantitative estimate of drug-likeness (QED) is 0.224. The maximum Gasteiger partial charge on any atom is 0.294 e. The molecule has 0 atom stereocenters. The smallest absolute Gasteiger partial charge is 0.294 e. The Hall–Kier alpha value is -2.11. The molecule has 1 amide bonds. The minimum Gasteiger partial charge on any atom is -0.322 e. The Labute approximate surface area is 143 Å². The van der Waals surface area contributed by atoms with Gasteiger partial charge in [0.25, 0.3) is 16.0 Å². The molecule has 128 valence electrons. The first-order valence-corrected chi connectivity index (χ1v) is 9.10. The summed E-state index contributed by atoms with van der Waals surface area (Å²) in [5.41, 5.74) is 3.60. The number of hydrogen-bond donors (Lipinski definition) is 3. The van der Waals surface area contributed by atoms with E-state index in [1.165, 1.54) is 18.2 Å². The largest absolute Gasteiger partial charge is 0.322 e. The molecule has 0 aliphatic rings. The molecule has 24 heavy (non-hydrogen) atoms. The molecule has 0 fully saturated rings. The van der Waals surface area contributed by atoms with Gasteiger partial charge in [0.15, 0.2) is 0 Å². The van der Waals surface area contributed by atoms with E-state index < -0.39 is 16.0 Å². The van der Waals surface area contributed by atoms with Gasteiger partial charge in [0.05, 0.1) is 10.6 Å². The van der Waals surface area contributed by atoms with Crippen LogP contribution in [-0.4, -0.2) is 25.1 Å². The van der Waals surface area contributed by atoms with Crippen LogP contribution in [0.4, 0.5) is 11.4 Å². The molecule has 2 aromatic carbocycles. The topological polar surface area (TPSA) is 114 Å². The molecule has 0 heterocycles. The molecule has 3 N–H and O–H groups in total. The number of amides is 1. The van der Waals surface area contributed by atoms with E-state index in [-0.39, 0.29) is 10.5 Å². The average Bonchev–Trinajstić information content (AvgIpc) is 2.55. The first-order chi connectivity index (χ1) is 11.4. The van der Waals surface area contributed by atoms with Gasteiger partial charge in [-0.2, -0.15) is 8.42 Å². The zero-order chi connectivity index (χ0) is 17.6. The van der Waals surface area contributed by atoms with Gasteiger partial charge in [0.1, 0.15) is 0 Å². The minimum atomic E-state index is -4.37. The maximum absolute atomic E-state index is 12.2. The highest BCUT2D eigenvalue weighted by Crippen LogP contribution is 2.18. The third-order valence-corrected chi connectivity index (χ3v) is 3.83. The molecular weight excluding hydrogens is 356 g/mol. The number of anilines is 2. The maximum atomic E-state index is 12.2. The van der Waals surface area contributed by atoms with Gasteiger partial charge in [-0.05, 0) is 36.4 Å². The van der Waals surface area contributed by atoms with Gasteiger partial charge in [-0.1, -0.05) is 12.1 Å². The van der Waals surface area contributed by atoms with Crippen LogP contribution in [0.3, 0.4) is 0 Å². The normalized spacial score (nSPS) is 11.1. The lowest BCUT2D eigenvalue weighted by Gasteiger charge is -2.09. The zero-order valence-electron chi connectivity index (χ0n) is 12.4. The highest BCUT2D eigenvalue weighted by Gasteiger charge is 2.13. The molecule has 0 saturated carbocycles. The van der Waals surface area contributed by atoms with E-state index in [1.807, 2.05) is 0 Å². The third-order valence-electron chi connectivity index (χ3n) is 2.78. The lowest BCUT2D eigenvalue weighted by molar-refractivity contribution is -0.160. The van der Waals surface area contributed by atoms with E-state index in [4.69, 9.17) is 4.55 Å². The molecule has 2 aromatic rings. The molecule has 2 rings (SSSR count). The SMILES string of the molecule is CSOONc1cccc(NC(=O)c2cccc(S(=O)(=O)O)c2)c1. The predicted molar refractivity (Wildman–Crippen MR) is 90.0 cm³/mol. The van der Waals surface area contributed by atoms with Gasteiger partial charge in [0.2, 0.25) is 0 Å². The molecule has 0 saturated heterocycles. The Balaban J connectivity index is 2.11. The van der Waals surface area contributed by atoms with E-state index in [1.54, 1.807) is 30.5 Å². The zero-order valence-corrected chi connectivity index (χ0v) is 14.1. The number of rotatable bonds is 7. The summed E-state index contributed by atoms with van der Waals surface area (Å²) >= 11 is 1.01. The standard InChI is InChI=1S/C14H14N2O6S2/c1-23-22-21-16-12-6-3-5-11(9-12)15-14(17)10-4-2-7-13(8-10)24(18,19)20/h2-9,16H,1H3,(H,15,17)(H,18,19,20). The summed E-state index contributed by atoms with van der Waals surface area (Å²) < 4.78 is 35.9. The molecule has 0 unspecified atom stereocenters. The summed E-state index contributed by atoms with van der Waals surface area (Å²) in [7, 11) is -4.37. The highest BCUT2D eigenvalue weighted by molar-refractivity contribution is 7.93. The summed E-state index contributed by atoms with van der Waals surface area (Å²) in [5.74, 6) is -0.529. The van der Waals surface area contributed by atoms with Gasteiger partial charge in [-0.25, -0.2) is 5.48 Å². The van der Waals surface area contributed by atoms with Crippen molar-refractivity contribution in [1.82, 2.24) is 0 Å². The Morgan fingerprint density at radius 1 is 1.12 bits per heavy atom. The van der Waals surface area contributed by atoms with Crippen molar-refractivity contribution in [3.05, 3.63) is 54.1 Å². The first-order valence-electron chi connectivity index (χ1n) is 6.51. The van der Waals surface area contributed by atoms with Crippen molar-refractivity contribution >= 4 is 39.4 Å². The summed E-state index contributed by atoms with van der Waals surface area (Å²) in [4.78, 5) is 16.5. The lowest BCUT2D eigenvalue weighted by Crippen LogP contribution is -2.13. The van der Waals surface area contributed by atoms with Crippen LogP contribution in [0.25, 0.3) is 0 Å². The minimum absolute atomic E-state index is 0.0884. The van der Waals surface area contributed by atoms with Crippen molar-refractivity contribution in [1.29, 1.82) is 0 Å². The summed E-state index contributed by atoms with van der Waals surface area (Å²) in [5, 5.41) is 2.61. The number of nitrogens with one attached hydrogen (secondary N) is 2. The van der Waals surface area contributed by atoms with Gasteiger partial charge >= 0.3 is 0 Å². The van der Waals surface area contributed by atoms with Crippen LogP contribution < -0.4 is 10.8 Å². The molecule has 0 bridgehead atoms. The molecule has 0 aliphatic heterocycles. The van der Waals surface area contributed by atoms with E-state index in [0.717, 1.165) is 18.1 Å². The Morgan fingerprint density at radius 2 is 1.83 bits per heavy atom. The Bertz CT molecular complexity index is 826. The van der Waals surface area contributed by atoms with Crippen LogP contribution in [0, 0.1) is 0 Å². The van der Waals surface area contributed by atoms with E-state index >= 15 is 0 Å². The van der Waals surface area contributed by atoms with Crippen molar-refractivity contribution in [3.63, 3.8) is 0 Å². The van der Waals surface area contributed by atoms with Crippen LogP contribution in [0.15, 0.2) is 53.4 Å². The van der Waals surface area contributed by atoms with Crippen molar-refractivity contribution in [2.24, 2.45) is 0 Å². The molecule has 0 spiro atoms. The molecule has 0 aliphatic carbocycles. The second-order valence-corrected chi connectivity index (χ2v) is 6.35. The number of hydrogen-bond acceptors (Lipinski definition) is 7. The summed E-state index contributed by atoms with van der Waals surface area (Å²) in [6.07, 6.45) is 1.68. The van der Waals surface area contributed by atoms with Crippen LogP contribution in [0.5, 0.6) is 0 Å². The summed E-state index contributed by atoms with van der Waals surface area (Å²) in [6, 6.07) is 11.7. The number of benzene rings is 2. The fourth-order valence-corrected chi connectivity index (χ4v) is 2.39. The monoisotopic (exact) mass is 370 g/mol. The molecular formula is C14H14N2O6S2. The Kier molecular flexibility index (Phi) is 6.17. The van der Waals surface area contributed by atoms with Crippen molar-refractivity contribution in [2.45, 2.75) is 4.90 Å². The molecule has 8 nitrogen and oxygen atoms in total. The Morgan fingerprint density at radius 3 is 2.54 bits per heavy atom. The van der Waals surface area contributed by atoms with Gasteiger partial charge in [0, 0.05) is 29.5 Å². The molecule has 10 heteroatoms. The highest BCUT2D eigenvalue weighted by atomic mass is 32.2. The van der Waals surface area contributed by atoms with Gasteiger partial charge in [-0.15, -0.1) is 9.32 Å². The first kappa shape index (κ1) is 18.2. The van der Waals surface area contributed by atoms with Crippen LogP contribution in [0.1, 0.15) is 10.4 Å². The van der Waals surface area contributed by atoms with E-state index in [2.05, 4.69) is 20.1 Å². The van der Waals surface area contributed by atoms with E-state index in [9.17, 15) is 13.2 Å². The van der Waals surface area contributed by atoms with Gasteiger partial charge < -0.3 is 5.32 Å². The fraction of sp³-hybridized carbons (Fsp3) is 0.0714. The van der Waals surface area contributed by atoms with Crippen LogP contribution >= 0.6 is 12.0 Å². The average molecular weight is 370 g/mol. The van der Waals surface area contributed by atoms with E-state index in [0.29, 0.717) is 11.4 Å². The van der Waals surface area contributed by atoms with Crippen molar-refractivity contribution < 1.29 is 27.1 Å². The van der Waals surface area contributed by atoms with Crippen LogP contribution in [0.2, 0.25) is 0 Å². The second-order valence-electron chi connectivity index (χ2n) is 4.46. The van der Waals surface area contributed by atoms with Crippen molar-refractivity contribution in [3.8, 4) is 0 Å². The molecule has 0 radical (unpaired) electrons. The predicted octanol–water partition coefficient (Wildman–Crippen LogP) is 2.74. The second kappa shape index (κ2) is 8.13. The molecule has 0 aromatic heterocycles.